The van der Waals surface area contributed by atoms with Gasteiger partial charge in [-0.2, -0.15) is 0 Å². The molecule has 134 valence electrons. The minimum Gasteiger partial charge on any atom is -0.309 e. The van der Waals surface area contributed by atoms with Gasteiger partial charge < -0.3 is 4.98 Å². The van der Waals surface area contributed by atoms with Gasteiger partial charge in [0.1, 0.15) is 5.82 Å². The lowest BCUT2D eigenvalue weighted by atomic mass is 10.2. The van der Waals surface area contributed by atoms with Crippen LogP contribution in [0.4, 0.5) is 0 Å². The van der Waals surface area contributed by atoms with Crippen LogP contribution in [0.25, 0.3) is 10.9 Å². The second-order valence-electron chi connectivity index (χ2n) is 6.71. The lowest BCUT2D eigenvalue weighted by Crippen LogP contribution is -2.45. The third-order valence-corrected chi connectivity index (χ3v) is 5.04. The lowest BCUT2D eigenvalue weighted by molar-refractivity contribution is 0.120. The zero-order chi connectivity index (χ0) is 17.9. The standard InChI is InChI=1S/C20H21ClN4O/c21-16-6-7-17-18(12-16)22-19(23-20(17)26)14-25-10-8-24(9-11-25)13-15-4-2-1-3-5-15/h1-7,12H,8-11,13-14H2,(H,22,23,26). The second kappa shape index (κ2) is 7.58. The van der Waals surface area contributed by atoms with Gasteiger partial charge in [-0.3, -0.25) is 14.6 Å². The van der Waals surface area contributed by atoms with Crippen molar-refractivity contribution in [3.63, 3.8) is 0 Å². The van der Waals surface area contributed by atoms with E-state index < -0.39 is 0 Å². The highest BCUT2D eigenvalue weighted by Crippen LogP contribution is 2.15. The molecule has 0 spiro atoms. The molecule has 0 unspecified atom stereocenters. The number of benzene rings is 2. The quantitative estimate of drug-likeness (QED) is 0.769. The largest absolute Gasteiger partial charge is 0.309 e. The van der Waals surface area contributed by atoms with Crippen LogP contribution in [-0.4, -0.2) is 45.9 Å². The van der Waals surface area contributed by atoms with E-state index in [1.807, 2.05) is 6.07 Å². The van der Waals surface area contributed by atoms with Gasteiger partial charge in [-0.15, -0.1) is 0 Å². The van der Waals surface area contributed by atoms with Crippen LogP contribution < -0.4 is 5.56 Å². The average molecular weight is 369 g/mol. The SMILES string of the molecule is O=c1[nH]c(CN2CCN(Cc3ccccc3)CC2)nc2cc(Cl)ccc12. The van der Waals surface area contributed by atoms with E-state index in [0.717, 1.165) is 32.7 Å². The molecule has 26 heavy (non-hydrogen) atoms. The maximum absolute atomic E-state index is 12.2. The Bertz CT molecular complexity index is 949. The fourth-order valence-electron chi connectivity index (χ4n) is 3.39. The fourth-order valence-corrected chi connectivity index (χ4v) is 3.56. The molecule has 1 saturated heterocycles. The molecular weight excluding hydrogens is 348 g/mol. The van der Waals surface area contributed by atoms with Crippen molar-refractivity contribution in [1.82, 2.24) is 19.8 Å². The molecule has 1 aliphatic heterocycles. The van der Waals surface area contributed by atoms with E-state index in [2.05, 4.69) is 44.0 Å². The van der Waals surface area contributed by atoms with E-state index in [0.29, 0.717) is 28.3 Å². The van der Waals surface area contributed by atoms with E-state index in [1.54, 1.807) is 18.2 Å². The van der Waals surface area contributed by atoms with Crippen molar-refractivity contribution in [2.45, 2.75) is 13.1 Å². The molecule has 4 rings (SSSR count). The molecule has 0 saturated carbocycles. The van der Waals surface area contributed by atoms with Gasteiger partial charge in [0.05, 0.1) is 17.4 Å². The van der Waals surface area contributed by atoms with Crippen LogP contribution in [-0.2, 0) is 13.1 Å². The summed E-state index contributed by atoms with van der Waals surface area (Å²) >= 11 is 6.03. The summed E-state index contributed by atoms with van der Waals surface area (Å²) < 4.78 is 0. The van der Waals surface area contributed by atoms with Gasteiger partial charge in [0.2, 0.25) is 0 Å². The van der Waals surface area contributed by atoms with Crippen molar-refractivity contribution >= 4 is 22.5 Å². The predicted octanol–water partition coefficient (Wildman–Crippen LogP) is 2.89. The van der Waals surface area contributed by atoms with E-state index >= 15 is 0 Å². The summed E-state index contributed by atoms with van der Waals surface area (Å²) in [4.78, 5) is 24.5. The molecule has 2 heterocycles. The molecule has 6 heteroatoms. The van der Waals surface area contributed by atoms with Gasteiger partial charge in [0, 0.05) is 37.7 Å². The number of fused-ring (bicyclic) bond motifs is 1. The number of aromatic amines is 1. The third-order valence-electron chi connectivity index (χ3n) is 4.80. The Morgan fingerprint density at radius 1 is 0.962 bits per heavy atom. The smallest absolute Gasteiger partial charge is 0.258 e. The van der Waals surface area contributed by atoms with Gasteiger partial charge in [-0.1, -0.05) is 41.9 Å². The maximum Gasteiger partial charge on any atom is 0.258 e. The van der Waals surface area contributed by atoms with Crippen molar-refractivity contribution in [3.05, 3.63) is 75.3 Å². The van der Waals surface area contributed by atoms with Crippen molar-refractivity contribution in [3.8, 4) is 0 Å². The lowest BCUT2D eigenvalue weighted by Gasteiger charge is -2.34. The zero-order valence-corrected chi connectivity index (χ0v) is 15.2. The summed E-state index contributed by atoms with van der Waals surface area (Å²) in [5.41, 5.74) is 1.89. The summed E-state index contributed by atoms with van der Waals surface area (Å²) in [5.74, 6) is 0.696. The van der Waals surface area contributed by atoms with Crippen LogP contribution in [0.5, 0.6) is 0 Å². The highest BCUT2D eigenvalue weighted by Gasteiger charge is 2.18. The van der Waals surface area contributed by atoms with Gasteiger partial charge >= 0.3 is 0 Å². The number of nitrogens with zero attached hydrogens (tertiary/aromatic N) is 3. The number of nitrogens with one attached hydrogen (secondary N) is 1. The van der Waals surface area contributed by atoms with Gasteiger partial charge in [-0.05, 0) is 23.8 Å². The molecule has 3 aromatic rings. The minimum absolute atomic E-state index is 0.107. The van der Waals surface area contributed by atoms with E-state index in [1.165, 1.54) is 5.56 Å². The van der Waals surface area contributed by atoms with E-state index in [4.69, 9.17) is 11.6 Å². The molecular formula is C20H21ClN4O. The zero-order valence-electron chi connectivity index (χ0n) is 14.5. The van der Waals surface area contributed by atoms with Crippen LogP contribution in [0.1, 0.15) is 11.4 Å². The van der Waals surface area contributed by atoms with Crippen LogP contribution in [0.3, 0.4) is 0 Å². The number of halogens is 1. The number of H-pyrrole nitrogens is 1. The molecule has 0 amide bonds. The summed E-state index contributed by atoms with van der Waals surface area (Å²) in [6.45, 7) is 5.58. The molecule has 1 aromatic heterocycles. The Morgan fingerprint density at radius 2 is 1.65 bits per heavy atom. The van der Waals surface area contributed by atoms with Crippen molar-refractivity contribution in [2.75, 3.05) is 26.2 Å². The number of hydrogen-bond donors (Lipinski definition) is 1. The van der Waals surface area contributed by atoms with Crippen LogP contribution in [0, 0.1) is 0 Å². The maximum atomic E-state index is 12.2. The summed E-state index contributed by atoms with van der Waals surface area (Å²) in [5, 5.41) is 1.17. The first-order chi connectivity index (χ1) is 12.7. The molecule has 0 aliphatic carbocycles. The summed E-state index contributed by atoms with van der Waals surface area (Å²) in [7, 11) is 0. The Balaban J connectivity index is 1.40. The fraction of sp³-hybridized carbons (Fsp3) is 0.300. The van der Waals surface area contributed by atoms with Gasteiger partial charge in [-0.25, -0.2) is 4.98 Å². The Labute approximate surface area is 157 Å². The van der Waals surface area contributed by atoms with Gasteiger partial charge in [0.15, 0.2) is 0 Å². The number of aromatic nitrogens is 2. The van der Waals surface area contributed by atoms with Crippen molar-refractivity contribution < 1.29 is 0 Å². The van der Waals surface area contributed by atoms with E-state index in [9.17, 15) is 4.79 Å². The minimum atomic E-state index is -0.107. The Kier molecular flexibility index (Phi) is 5.02. The molecule has 1 N–H and O–H groups in total. The van der Waals surface area contributed by atoms with E-state index in [-0.39, 0.29) is 5.56 Å². The van der Waals surface area contributed by atoms with Crippen LogP contribution in [0.15, 0.2) is 53.3 Å². The molecule has 0 bridgehead atoms. The Morgan fingerprint density at radius 3 is 2.38 bits per heavy atom. The van der Waals surface area contributed by atoms with Crippen LogP contribution in [0.2, 0.25) is 5.02 Å². The summed E-state index contributed by atoms with van der Waals surface area (Å²) in [6.07, 6.45) is 0. The third kappa shape index (κ3) is 3.96. The van der Waals surface area contributed by atoms with Crippen LogP contribution >= 0.6 is 11.6 Å². The molecule has 1 aliphatic rings. The predicted molar refractivity (Wildman–Crippen MR) is 104 cm³/mol. The average Bonchev–Trinajstić information content (AvgIpc) is 2.64. The normalized spacial score (nSPS) is 16.2. The molecule has 5 nitrogen and oxygen atoms in total. The first-order valence-corrected chi connectivity index (χ1v) is 9.22. The first-order valence-electron chi connectivity index (χ1n) is 8.84. The number of piperazine rings is 1. The molecule has 1 fully saturated rings. The van der Waals surface area contributed by atoms with Crippen molar-refractivity contribution in [2.24, 2.45) is 0 Å². The number of rotatable bonds is 4. The summed E-state index contributed by atoms with van der Waals surface area (Å²) in [6, 6.07) is 15.7. The first kappa shape index (κ1) is 17.2. The molecule has 2 aromatic carbocycles. The molecule has 0 radical (unpaired) electrons. The highest BCUT2D eigenvalue weighted by molar-refractivity contribution is 6.31. The monoisotopic (exact) mass is 368 g/mol. The number of hydrogen-bond acceptors (Lipinski definition) is 4. The Hall–Kier alpha value is -2.21. The highest BCUT2D eigenvalue weighted by atomic mass is 35.5. The van der Waals surface area contributed by atoms with Gasteiger partial charge in [0.25, 0.3) is 5.56 Å². The molecule has 0 atom stereocenters. The van der Waals surface area contributed by atoms with Crippen molar-refractivity contribution in [1.29, 1.82) is 0 Å². The topological polar surface area (TPSA) is 52.2 Å². The second-order valence-corrected chi connectivity index (χ2v) is 7.15.